The first-order chi connectivity index (χ1) is 24.2. The van der Waals surface area contributed by atoms with Gasteiger partial charge < -0.3 is 9.47 Å². The normalized spacial score (nSPS) is 18.6. The lowest BCUT2D eigenvalue weighted by molar-refractivity contribution is -0.133. The zero-order valence-corrected chi connectivity index (χ0v) is 27.2. The molecule has 8 nitrogen and oxygen atoms in total. The molecule has 256 valence electrons. The molecule has 4 aromatic rings. The van der Waals surface area contributed by atoms with E-state index < -0.39 is 59.6 Å². The highest BCUT2D eigenvalue weighted by atomic mass is 19.1. The lowest BCUT2D eigenvalue weighted by Gasteiger charge is -2.25. The predicted octanol–water partition coefficient (Wildman–Crippen LogP) is 6.72. The molecule has 0 N–H and O–H groups in total. The van der Waals surface area contributed by atoms with Gasteiger partial charge in [0, 0.05) is 0 Å². The zero-order chi connectivity index (χ0) is 35.0. The molecule has 4 amide bonds. The van der Waals surface area contributed by atoms with Crippen LogP contribution in [0.15, 0.2) is 121 Å². The third kappa shape index (κ3) is 8.31. The summed E-state index contributed by atoms with van der Waals surface area (Å²) in [6.45, 7) is 0.0516. The van der Waals surface area contributed by atoms with Crippen molar-refractivity contribution in [1.29, 1.82) is 0 Å². The van der Waals surface area contributed by atoms with Crippen LogP contribution < -0.4 is 0 Å². The molecule has 4 aromatic carbocycles. The second-order valence-corrected chi connectivity index (χ2v) is 12.5. The Hall–Kier alpha value is -5.64. The second-order valence-electron chi connectivity index (χ2n) is 12.5. The van der Waals surface area contributed by atoms with Crippen molar-refractivity contribution in [2.45, 2.75) is 37.8 Å². The quantitative estimate of drug-likeness (QED) is 0.155. The Bertz CT molecular complexity index is 1700. The van der Waals surface area contributed by atoms with E-state index in [1.807, 2.05) is 60.7 Å². The number of ether oxygens (including phenoxy) is 2. The van der Waals surface area contributed by atoms with E-state index in [1.54, 1.807) is 36.4 Å². The minimum Gasteiger partial charge on any atom is -0.447 e. The Balaban J connectivity index is 1.32. The maximum Gasteiger partial charge on any atom is 0.417 e. The molecule has 2 fully saturated rings. The SMILES string of the molecule is O=C1OC[C@H](Cc2ccccc2)N1C(=O)[C@H](C=C[C@H](Cc1ccc(F)cc1)C(=O)N1C(=O)OC[C@@H]1Cc1ccccc1)Cc1ccc(F)cc1. The van der Waals surface area contributed by atoms with Crippen LogP contribution in [0.4, 0.5) is 18.4 Å². The fourth-order valence-corrected chi connectivity index (χ4v) is 6.38. The molecule has 0 saturated carbocycles. The Labute approximate surface area is 288 Å². The van der Waals surface area contributed by atoms with Crippen molar-refractivity contribution in [2.24, 2.45) is 11.8 Å². The van der Waals surface area contributed by atoms with Crippen LogP contribution in [-0.4, -0.2) is 59.1 Å². The van der Waals surface area contributed by atoms with Gasteiger partial charge in [0.2, 0.25) is 11.8 Å². The smallest absolute Gasteiger partial charge is 0.417 e. The number of imide groups is 2. The molecule has 0 aliphatic carbocycles. The molecule has 10 heteroatoms. The van der Waals surface area contributed by atoms with E-state index in [1.165, 1.54) is 24.3 Å². The second kappa shape index (κ2) is 15.7. The Morgan fingerprint density at radius 2 is 0.940 bits per heavy atom. The molecule has 0 spiro atoms. The molecule has 2 aliphatic rings. The van der Waals surface area contributed by atoms with Crippen LogP contribution in [0.25, 0.3) is 0 Å². The fourth-order valence-electron chi connectivity index (χ4n) is 6.38. The molecule has 0 bridgehead atoms. The minimum absolute atomic E-state index is 0.0258. The lowest BCUT2D eigenvalue weighted by atomic mass is 9.91. The predicted molar refractivity (Wildman–Crippen MR) is 181 cm³/mol. The summed E-state index contributed by atoms with van der Waals surface area (Å²) in [7, 11) is 0. The highest BCUT2D eigenvalue weighted by Crippen LogP contribution is 2.26. The topological polar surface area (TPSA) is 93.2 Å². The summed E-state index contributed by atoms with van der Waals surface area (Å²) in [6, 6.07) is 29.1. The number of amides is 4. The van der Waals surface area contributed by atoms with Gasteiger partial charge in [-0.05, 0) is 72.2 Å². The lowest BCUT2D eigenvalue weighted by Crippen LogP contribution is -2.44. The van der Waals surface area contributed by atoms with Gasteiger partial charge in [-0.1, -0.05) is 97.1 Å². The molecular formula is C40H36F2N2O6. The number of halogens is 2. The van der Waals surface area contributed by atoms with Crippen LogP contribution in [0.3, 0.4) is 0 Å². The number of nitrogens with zero attached hydrogens (tertiary/aromatic N) is 2. The molecule has 0 aromatic heterocycles. The summed E-state index contributed by atoms with van der Waals surface area (Å²) in [5, 5.41) is 0. The van der Waals surface area contributed by atoms with Crippen LogP contribution in [0.2, 0.25) is 0 Å². The van der Waals surface area contributed by atoms with E-state index in [2.05, 4.69) is 0 Å². The van der Waals surface area contributed by atoms with E-state index in [4.69, 9.17) is 9.47 Å². The van der Waals surface area contributed by atoms with Crippen LogP contribution in [0.1, 0.15) is 22.3 Å². The molecule has 4 atom stereocenters. The van der Waals surface area contributed by atoms with Crippen molar-refractivity contribution in [3.05, 3.63) is 155 Å². The van der Waals surface area contributed by atoms with E-state index in [0.29, 0.717) is 24.0 Å². The first kappa shape index (κ1) is 34.2. The summed E-state index contributed by atoms with van der Waals surface area (Å²) in [5.41, 5.74) is 3.11. The van der Waals surface area contributed by atoms with Crippen molar-refractivity contribution in [3.63, 3.8) is 0 Å². The fraction of sp³-hybridized carbons (Fsp3) is 0.250. The number of benzene rings is 4. The first-order valence-corrected chi connectivity index (χ1v) is 16.5. The van der Waals surface area contributed by atoms with Gasteiger partial charge in [0.25, 0.3) is 0 Å². The molecule has 6 rings (SSSR count). The van der Waals surface area contributed by atoms with Gasteiger partial charge in [-0.25, -0.2) is 28.2 Å². The van der Waals surface area contributed by atoms with Gasteiger partial charge in [-0.2, -0.15) is 0 Å². The third-order valence-corrected chi connectivity index (χ3v) is 8.97. The van der Waals surface area contributed by atoms with Crippen LogP contribution in [0.5, 0.6) is 0 Å². The Kier molecular flexibility index (Phi) is 10.8. The largest absolute Gasteiger partial charge is 0.447 e. The number of rotatable bonds is 12. The Morgan fingerprint density at radius 3 is 1.30 bits per heavy atom. The number of hydrogen-bond acceptors (Lipinski definition) is 6. The third-order valence-electron chi connectivity index (χ3n) is 8.97. The first-order valence-electron chi connectivity index (χ1n) is 16.5. The number of hydrogen-bond donors (Lipinski definition) is 0. The summed E-state index contributed by atoms with van der Waals surface area (Å²) in [5.74, 6) is -3.87. The summed E-state index contributed by atoms with van der Waals surface area (Å²) in [4.78, 5) is 56.7. The van der Waals surface area contributed by atoms with E-state index in [-0.39, 0.29) is 26.1 Å². The van der Waals surface area contributed by atoms with Gasteiger partial charge in [0.05, 0.1) is 23.9 Å². The summed E-state index contributed by atoms with van der Waals surface area (Å²) < 4.78 is 38.3. The summed E-state index contributed by atoms with van der Waals surface area (Å²) >= 11 is 0. The maximum absolute atomic E-state index is 14.3. The average molecular weight is 679 g/mol. The molecular weight excluding hydrogens is 642 g/mol. The van der Waals surface area contributed by atoms with Crippen molar-refractivity contribution in [3.8, 4) is 0 Å². The van der Waals surface area contributed by atoms with E-state index in [9.17, 15) is 28.0 Å². The molecule has 0 unspecified atom stereocenters. The average Bonchev–Trinajstić information content (AvgIpc) is 3.68. The zero-order valence-electron chi connectivity index (χ0n) is 27.2. The van der Waals surface area contributed by atoms with E-state index >= 15 is 0 Å². The minimum atomic E-state index is -0.960. The van der Waals surface area contributed by atoms with Crippen molar-refractivity contribution < 1.29 is 37.4 Å². The number of carbonyl (C=O) groups is 4. The highest BCUT2D eigenvalue weighted by molar-refractivity contribution is 5.97. The van der Waals surface area contributed by atoms with Crippen molar-refractivity contribution >= 4 is 24.0 Å². The van der Waals surface area contributed by atoms with Crippen LogP contribution in [-0.2, 0) is 44.7 Å². The summed E-state index contributed by atoms with van der Waals surface area (Å²) in [6.07, 6.45) is 2.56. The van der Waals surface area contributed by atoms with Crippen molar-refractivity contribution in [2.75, 3.05) is 13.2 Å². The Morgan fingerprint density at radius 1 is 0.580 bits per heavy atom. The van der Waals surface area contributed by atoms with Gasteiger partial charge in [0.15, 0.2) is 0 Å². The monoisotopic (exact) mass is 678 g/mol. The highest BCUT2D eigenvalue weighted by Gasteiger charge is 2.42. The standard InChI is InChI=1S/C40H36F2N2O6/c41-33-17-11-29(12-18-33)21-31(37(45)43-35(25-49-39(43)47)23-27-7-3-1-4-8-27)15-16-32(22-30-13-19-34(42)20-14-30)38(46)44-36(26-50-40(44)48)24-28-9-5-2-6-10-28/h1-20,31-32,35-36H,21-26H2/t31-,32-,35+,36+/m1/s1. The van der Waals surface area contributed by atoms with Gasteiger partial charge in [0.1, 0.15) is 24.8 Å². The van der Waals surface area contributed by atoms with Gasteiger partial charge in [-0.15, -0.1) is 0 Å². The van der Waals surface area contributed by atoms with Gasteiger partial charge in [-0.3, -0.25) is 9.59 Å². The molecule has 0 radical (unpaired) electrons. The number of cyclic esters (lactones) is 2. The van der Waals surface area contributed by atoms with Crippen molar-refractivity contribution in [1.82, 2.24) is 9.80 Å². The molecule has 2 saturated heterocycles. The van der Waals surface area contributed by atoms with Gasteiger partial charge >= 0.3 is 12.2 Å². The molecule has 50 heavy (non-hydrogen) atoms. The maximum atomic E-state index is 14.3. The molecule has 2 aliphatic heterocycles. The number of carbonyl (C=O) groups excluding carboxylic acids is 4. The van der Waals surface area contributed by atoms with Crippen LogP contribution in [0, 0.1) is 23.5 Å². The van der Waals surface area contributed by atoms with E-state index in [0.717, 1.165) is 20.9 Å². The van der Waals surface area contributed by atoms with Crippen LogP contribution >= 0.6 is 0 Å². The molecule has 2 heterocycles.